The van der Waals surface area contributed by atoms with Gasteiger partial charge in [-0.15, -0.1) is 24.0 Å². The van der Waals surface area contributed by atoms with E-state index < -0.39 is 0 Å². The molecule has 30 heavy (non-hydrogen) atoms. The molecular weight excluding hydrogens is 493 g/mol. The topological polar surface area (TPSA) is 77.0 Å². The van der Waals surface area contributed by atoms with Crippen LogP contribution in [0.15, 0.2) is 29.3 Å². The largest absolute Gasteiger partial charge is 0.355 e. The van der Waals surface area contributed by atoms with Crippen LogP contribution in [0.3, 0.4) is 0 Å². The number of aliphatic imine (C=N–C) groups is 1. The Morgan fingerprint density at radius 1 is 1.17 bits per heavy atom. The van der Waals surface area contributed by atoms with E-state index in [9.17, 15) is 9.59 Å². The maximum Gasteiger partial charge on any atom is 0.226 e. The van der Waals surface area contributed by atoms with Crippen LogP contribution in [0.4, 0.5) is 5.69 Å². The molecule has 0 bridgehead atoms. The molecule has 0 radical (unpaired) electrons. The second-order valence-corrected chi connectivity index (χ2v) is 8.55. The van der Waals surface area contributed by atoms with Gasteiger partial charge in [0.05, 0.1) is 0 Å². The van der Waals surface area contributed by atoms with Crippen molar-refractivity contribution < 1.29 is 9.59 Å². The van der Waals surface area contributed by atoms with Crippen molar-refractivity contribution in [2.24, 2.45) is 10.4 Å². The number of halogens is 1. The number of anilines is 1. The van der Waals surface area contributed by atoms with Crippen molar-refractivity contribution in [3.8, 4) is 0 Å². The summed E-state index contributed by atoms with van der Waals surface area (Å²) in [5, 5.41) is 6.47. The number of hydrogen-bond acceptors (Lipinski definition) is 3. The van der Waals surface area contributed by atoms with Crippen molar-refractivity contribution >= 4 is 47.4 Å². The second-order valence-electron chi connectivity index (χ2n) is 8.55. The fourth-order valence-electron chi connectivity index (χ4n) is 4.81. The molecule has 1 aromatic carbocycles. The van der Waals surface area contributed by atoms with Crippen molar-refractivity contribution in [1.82, 2.24) is 15.5 Å². The molecule has 1 aromatic rings. The monoisotopic (exact) mass is 525 g/mol. The summed E-state index contributed by atoms with van der Waals surface area (Å²) < 4.78 is 0. The van der Waals surface area contributed by atoms with E-state index in [1.807, 2.05) is 24.1 Å². The molecule has 3 aliphatic heterocycles. The fourth-order valence-corrected chi connectivity index (χ4v) is 4.81. The van der Waals surface area contributed by atoms with E-state index in [-0.39, 0.29) is 41.2 Å². The molecule has 1 atom stereocenters. The average Bonchev–Trinajstić information content (AvgIpc) is 3.09. The summed E-state index contributed by atoms with van der Waals surface area (Å²) in [6.45, 7) is 4.10. The van der Waals surface area contributed by atoms with Crippen molar-refractivity contribution in [3.05, 3.63) is 29.8 Å². The number of piperidine rings is 2. The normalized spacial score (nSPS) is 24.6. The molecule has 3 fully saturated rings. The van der Waals surface area contributed by atoms with Crippen LogP contribution in [0.1, 0.15) is 44.1 Å². The highest BCUT2D eigenvalue weighted by molar-refractivity contribution is 14.0. The highest BCUT2D eigenvalue weighted by Gasteiger charge is 2.42. The Morgan fingerprint density at radius 2 is 1.97 bits per heavy atom. The maximum atomic E-state index is 12.1. The van der Waals surface area contributed by atoms with Crippen LogP contribution in [0.2, 0.25) is 0 Å². The van der Waals surface area contributed by atoms with E-state index >= 15 is 0 Å². The lowest BCUT2D eigenvalue weighted by molar-refractivity contribution is -0.120. The number of rotatable bonds is 3. The summed E-state index contributed by atoms with van der Waals surface area (Å²) in [6, 6.07) is 8.23. The van der Waals surface area contributed by atoms with E-state index in [1.165, 1.54) is 0 Å². The number of carbonyl (C=O) groups excluding carboxylic acids is 2. The molecule has 8 heteroatoms. The number of nitrogens with zero attached hydrogens (tertiary/aromatic N) is 3. The number of benzene rings is 1. The molecule has 3 saturated heterocycles. The van der Waals surface area contributed by atoms with E-state index in [2.05, 4.69) is 32.7 Å². The Morgan fingerprint density at radius 3 is 2.63 bits per heavy atom. The molecule has 1 spiro atoms. The van der Waals surface area contributed by atoms with Crippen LogP contribution < -0.4 is 15.5 Å². The summed E-state index contributed by atoms with van der Waals surface area (Å²) >= 11 is 0. The van der Waals surface area contributed by atoms with Crippen LogP contribution in [0.25, 0.3) is 0 Å². The highest BCUT2D eigenvalue weighted by Crippen LogP contribution is 2.36. The van der Waals surface area contributed by atoms with Crippen molar-refractivity contribution in [2.45, 2.75) is 45.1 Å². The van der Waals surface area contributed by atoms with Gasteiger partial charge in [-0.1, -0.05) is 12.1 Å². The zero-order valence-electron chi connectivity index (χ0n) is 17.7. The zero-order valence-corrected chi connectivity index (χ0v) is 20.0. The third-order valence-corrected chi connectivity index (χ3v) is 6.39. The first kappa shape index (κ1) is 22.8. The lowest BCUT2D eigenvalue weighted by Crippen LogP contribution is -2.51. The molecule has 7 nitrogen and oxygen atoms in total. The van der Waals surface area contributed by atoms with Gasteiger partial charge in [-0.2, -0.15) is 0 Å². The maximum absolute atomic E-state index is 12.1. The van der Waals surface area contributed by atoms with Gasteiger partial charge in [0.2, 0.25) is 11.8 Å². The Balaban J connectivity index is 0.00000256. The molecule has 2 amide bonds. The molecule has 164 valence electrons. The van der Waals surface area contributed by atoms with Crippen molar-refractivity contribution in [1.29, 1.82) is 0 Å². The first-order chi connectivity index (χ1) is 14.1. The lowest BCUT2D eigenvalue weighted by atomic mass is 9.79. The van der Waals surface area contributed by atoms with Gasteiger partial charge < -0.3 is 20.4 Å². The predicted octanol–water partition coefficient (Wildman–Crippen LogP) is 2.50. The average molecular weight is 525 g/mol. The Kier molecular flexibility index (Phi) is 7.60. The molecule has 0 aromatic heterocycles. The van der Waals surface area contributed by atoms with E-state index in [0.29, 0.717) is 19.4 Å². The minimum Gasteiger partial charge on any atom is -0.355 e. The zero-order chi connectivity index (χ0) is 20.3. The van der Waals surface area contributed by atoms with Crippen LogP contribution >= 0.6 is 24.0 Å². The minimum absolute atomic E-state index is 0. The molecule has 4 rings (SSSR count). The van der Waals surface area contributed by atoms with Crippen molar-refractivity contribution in [3.63, 3.8) is 0 Å². The standard InChI is InChI=1S/C22H31N5O2.HI/c1-23-21(26-11-4-10-22(16-26)13-19(28)25-15-22)24-14-17-6-8-18(9-7-17)27-12-3-2-5-20(27)29;/h6-9H,2-5,10-16H2,1H3,(H,23,24)(H,25,28);1H. The first-order valence-electron chi connectivity index (χ1n) is 10.7. The Labute approximate surface area is 195 Å². The quantitative estimate of drug-likeness (QED) is 0.362. The second kappa shape index (κ2) is 9.98. The van der Waals surface area contributed by atoms with Gasteiger partial charge in [-0.05, 0) is 43.4 Å². The smallest absolute Gasteiger partial charge is 0.226 e. The van der Waals surface area contributed by atoms with Gasteiger partial charge in [0.1, 0.15) is 0 Å². The highest BCUT2D eigenvalue weighted by atomic mass is 127. The van der Waals surface area contributed by atoms with E-state index in [0.717, 1.165) is 69.1 Å². The summed E-state index contributed by atoms with van der Waals surface area (Å²) in [6.07, 6.45) is 5.52. The van der Waals surface area contributed by atoms with Crippen LogP contribution in [0.5, 0.6) is 0 Å². The third kappa shape index (κ3) is 5.07. The number of hydrogen-bond donors (Lipinski definition) is 2. The van der Waals surface area contributed by atoms with Crippen LogP contribution in [-0.4, -0.2) is 55.9 Å². The van der Waals surface area contributed by atoms with Gasteiger partial charge in [-0.3, -0.25) is 14.6 Å². The molecule has 0 aliphatic carbocycles. The van der Waals surface area contributed by atoms with Crippen molar-refractivity contribution in [2.75, 3.05) is 38.1 Å². The van der Waals surface area contributed by atoms with Crippen LogP contribution in [0, 0.1) is 5.41 Å². The van der Waals surface area contributed by atoms with Gasteiger partial charge in [0.15, 0.2) is 5.96 Å². The SMILES string of the molecule is CN=C(NCc1ccc(N2CCCCC2=O)cc1)N1CCCC2(CNC(=O)C2)C1.I. The number of carbonyl (C=O) groups is 2. The van der Waals surface area contributed by atoms with Gasteiger partial charge in [0, 0.05) is 63.7 Å². The predicted molar refractivity (Wildman–Crippen MR) is 129 cm³/mol. The molecular formula is C22H32IN5O2. The number of guanidine groups is 1. The summed E-state index contributed by atoms with van der Waals surface area (Å²) in [7, 11) is 1.81. The van der Waals surface area contributed by atoms with E-state index in [1.54, 1.807) is 0 Å². The third-order valence-electron chi connectivity index (χ3n) is 6.39. The van der Waals surface area contributed by atoms with Gasteiger partial charge >= 0.3 is 0 Å². The number of amides is 2. The van der Waals surface area contributed by atoms with Gasteiger partial charge in [-0.25, -0.2) is 0 Å². The van der Waals surface area contributed by atoms with Crippen LogP contribution in [-0.2, 0) is 16.1 Å². The first-order valence-corrected chi connectivity index (χ1v) is 10.7. The minimum atomic E-state index is 0. The molecule has 2 N–H and O–H groups in total. The van der Waals surface area contributed by atoms with E-state index in [4.69, 9.17) is 0 Å². The molecule has 0 saturated carbocycles. The summed E-state index contributed by atoms with van der Waals surface area (Å²) in [5.74, 6) is 1.28. The fraction of sp³-hybridized carbons (Fsp3) is 0.591. The molecule has 3 heterocycles. The molecule has 1 unspecified atom stereocenters. The Bertz CT molecular complexity index is 797. The molecule has 3 aliphatic rings. The number of likely N-dealkylation sites (tertiary alicyclic amines) is 1. The van der Waals surface area contributed by atoms with Gasteiger partial charge in [0.25, 0.3) is 0 Å². The summed E-state index contributed by atoms with van der Waals surface area (Å²) in [5.41, 5.74) is 2.19. The lowest BCUT2D eigenvalue weighted by Gasteiger charge is -2.40. The number of nitrogens with one attached hydrogen (secondary N) is 2. The summed E-state index contributed by atoms with van der Waals surface area (Å²) in [4.78, 5) is 32.5. The Hall–Kier alpha value is -1.84.